The molecule has 0 radical (unpaired) electrons. The van der Waals surface area contributed by atoms with Gasteiger partial charge in [0, 0.05) is 37.8 Å². The van der Waals surface area contributed by atoms with Crippen molar-refractivity contribution in [2.45, 2.75) is 32.7 Å². The summed E-state index contributed by atoms with van der Waals surface area (Å²) in [5, 5.41) is 4.19. The van der Waals surface area contributed by atoms with Crippen LogP contribution in [-0.4, -0.2) is 41.5 Å². The molecule has 4 nitrogen and oxygen atoms in total. The lowest BCUT2D eigenvalue weighted by atomic mass is 10.1. The van der Waals surface area contributed by atoms with Gasteiger partial charge in [-0.1, -0.05) is 6.07 Å². The van der Waals surface area contributed by atoms with Gasteiger partial charge in [0.25, 0.3) is 0 Å². The Kier molecular flexibility index (Phi) is 4.96. The van der Waals surface area contributed by atoms with Crippen LogP contribution in [0.4, 0.5) is 5.82 Å². The number of thiophene rings is 1. The predicted molar refractivity (Wildman–Crippen MR) is 95.0 cm³/mol. The second-order valence-corrected chi connectivity index (χ2v) is 6.93. The third kappa shape index (κ3) is 3.91. The molecule has 5 heteroatoms. The first kappa shape index (κ1) is 16.0. The molecule has 0 N–H and O–H groups in total. The van der Waals surface area contributed by atoms with E-state index in [4.69, 9.17) is 0 Å². The zero-order chi connectivity index (χ0) is 16.2. The van der Waals surface area contributed by atoms with Gasteiger partial charge in [-0.3, -0.25) is 4.79 Å². The minimum Gasteiger partial charge on any atom is -0.353 e. The van der Waals surface area contributed by atoms with Crippen LogP contribution in [0.1, 0.15) is 24.6 Å². The van der Waals surface area contributed by atoms with Gasteiger partial charge in [0.2, 0.25) is 5.91 Å². The molecule has 0 bridgehead atoms. The van der Waals surface area contributed by atoms with Crippen molar-refractivity contribution < 1.29 is 4.79 Å². The van der Waals surface area contributed by atoms with Crippen molar-refractivity contribution in [1.82, 2.24) is 9.88 Å². The van der Waals surface area contributed by atoms with E-state index >= 15 is 0 Å². The van der Waals surface area contributed by atoms with Crippen LogP contribution >= 0.6 is 11.3 Å². The van der Waals surface area contributed by atoms with Crippen LogP contribution < -0.4 is 4.90 Å². The Hall–Kier alpha value is -1.88. The number of rotatable bonds is 4. The van der Waals surface area contributed by atoms with Crippen molar-refractivity contribution in [1.29, 1.82) is 0 Å². The van der Waals surface area contributed by atoms with E-state index in [0.717, 1.165) is 37.6 Å². The Morgan fingerprint density at radius 2 is 2.22 bits per heavy atom. The van der Waals surface area contributed by atoms with Crippen molar-refractivity contribution in [3.63, 3.8) is 0 Å². The zero-order valence-corrected chi connectivity index (χ0v) is 14.6. The van der Waals surface area contributed by atoms with Crippen LogP contribution in [0.5, 0.6) is 0 Å². The fraction of sp³-hybridized carbons (Fsp3) is 0.444. The fourth-order valence-corrected chi connectivity index (χ4v) is 3.77. The molecule has 0 aromatic carbocycles. The lowest BCUT2D eigenvalue weighted by molar-refractivity contribution is -0.133. The average Bonchev–Trinajstić information content (AvgIpc) is 3.06. The van der Waals surface area contributed by atoms with E-state index in [-0.39, 0.29) is 11.9 Å². The Bertz CT molecular complexity index is 656. The molecular formula is C18H23N3OS. The maximum absolute atomic E-state index is 12.5. The molecule has 0 spiro atoms. The molecule has 23 heavy (non-hydrogen) atoms. The van der Waals surface area contributed by atoms with Crippen LogP contribution in [0.3, 0.4) is 0 Å². The number of carbonyl (C=O) groups is 1. The number of amides is 1. The summed E-state index contributed by atoms with van der Waals surface area (Å²) in [6.07, 6.45) is 1.44. The molecular weight excluding hydrogens is 306 g/mol. The summed E-state index contributed by atoms with van der Waals surface area (Å²) < 4.78 is 0. The zero-order valence-electron chi connectivity index (χ0n) is 13.7. The number of hydrogen-bond donors (Lipinski definition) is 0. The van der Waals surface area contributed by atoms with Crippen LogP contribution in [0.25, 0.3) is 0 Å². The highest BCUT2D eigenvalue weighted by molar-refractivity contribution is 7.07. The molecule has 1 fully saturated rings. The summed E-state index contributed by atoms with van der Waals surface area (Å²) in [7, 11) is 0. The SMILES string of the molecule is Cc1cccc(N2CCN(C(=O)CCc3ccsc3)C(C)C2)n1. The van der Waals surface area contributed by atoms with Crippen LogP contribution in [0, 0.1) is 6.92 Å². The summed E-state index contributed by atoms with van der Waals surface area (Å²) in [4.78, 5) is 21.4. The van der Waals surface area contributed by atoms with Gasteiger partial charge in [0.1, 0.15) is 5.82 Å². The Morgan fingerprint density at radius 1 is 1.35 bits per heavy atom. The summed E-state index contributed by atoms with van der Waals surface area (Å²) in [6.45, 7) is 6.62. The lowest BCUT2D eigenvalue weighted by Gasteiger charge is -2.40. The van der Waals surface area contributed by atoms with Crippen molar-refractivity contribution in [2.75, 3.05) is 24.5 Å². The molecule has 3 rings (SSSR count). The molecule has 1 saturated heterocycles. The Morgan fingerprint density at radius 3 is 2.91 bits per heavy atom. The van der Waals surface area contributed by atoms with Gasteiger partial charge >= 0.3 is 0 Å². The molecule has 1 unspecified atom stereocenters. The largest absolute Gasteiger partial charge is 0.353 e. The Balaban J connectivity index is 1.56. The fourth-order valence-electron chi connectivity index (χ4n) is 3.07. The topological polar surface area (TPSA) is 36.4 Å². The average molecular weight is 329 g/mol. The third-order valence-electron chi connectivity index (χ3n) is 4.35. The van der Waals surface area contributed by atoms with E-state index in [1.807, 2.05) is 30.0 Å². The Labute approximate surface area is 141 Å². The molecule has 1 aliphatic heterocycles. The lowest BCUT2D eigenvalue weighted by Crippen LogP contribution is -2.54. The molecule has 122 valence electrons. The monoisotopic (exact) mass is 329 g/mol. The molecule has 3 heterocycles. The van der Waals surface area contributed by atoms with Gasteiger partial charge < -0.3 is 9.80 Å². The van der Waals surface area contributed by atoms with Crippen molar-refractivity contribution in [3.05, 3.63) is 46.3 Å². The van der Waals surface area contributed by atoms with E-state index in [1.165, 1.54) is 5.56 Å². The van der Waals surface area contributed by atoms with Crippen molar-refractivity contribution in [3.8, 4) is 0 Å². The first-order valence-corrected chi connectivity index (χ1v) is 9.07. The molecule has 2 aromatic heterocycles. The number of nitrogens with zero attached hydrogens (tertiary/aromatic N) is 3. The minimum atomic E-state index is 0.223. The van der Waals surface area contributed by atoms with Gasteiger partial charge in [0.15, 0.2) is 0 Å². The van der Waals surface area contributed by atoms with E-state index in [9.17, 15) is 4.79 Å². The second-order valence-electron chi connectivity index (χ2n) is 6.15. The molecule has 1 amide bonds. The third-order valence-corrected chi connectivity index (χ3v) is 5.09. The molecule has 0 aliphatic carbocycles. The van der Waals surface area contributed by atoms with E-state index in [1.54, 1.807) is 11.3 Å². The molecule has 1 atom stereocenters. The summed E-state index contributed by atoms with van der Waals surface area (Å²) in [5.74, 6) is 1.28. The van der Waals surface area contributed by atoms with Crippen LogP contribution in [0.15, 0.2) is 35.0 Å². The maximum atomic E-state index is 12.5. The van der Waals surface area contributed by atoms with Crippen molar-refractivity contribution >= 4 is 23.1 Å². The number of aromatic nitrogens is 1. The molecule has 1 aliphatic rings. The van der Waals surface area contributed by atoms with E-state index < -0.39 is 0 Å². The van der Waals surface area contributed by atoms with E-state index in [0.29, 0.717) is 6.42 Å². The highest BCUT2D eigenvalue weighted by atomic mass is 32.1. The van der Waals surface area contributed by atoms with Gasteiger partial charge in [-0.2, -0.15) is 11.3 Å². The minimum absolute atomic E-state index is 0.223. The molecule has 0 saturated carbocycles. The summed E-state index contributed by atoms with van der Waals surface area (Å²) in [6, 6.07) is 8.43. The van der Waals surface area contributed by atoms with Crippen LogP contribution in [0.2, 0.25) is 0 Å². The number of carbonyl (C=O) groups excluding carboxylic acids is 1. The highest BCUT2D eigenvalue weighted by Crippen LogP contribution is 2.19. The number of hydrogen-bond acceptors (Lipinski definition) is 4. The van der Waals surface area contributed by atoms with Gasteiger partial charge in [0.05, 0.1) is 0 Å². The summed E-state index contributed by atoms with van der Waals surface area (Å²) >= 11 is 1.69. The number of aryl methyl sites for hydroxylation is 2. The standard InChI is InChI=1S/C18H23N3OS/c1-14-4-3-5-17(19-14)20-9-10-21(15(2)12-20)18(22)7-6-16-8-11-23-13-16/h3-5,8,11,13,15H,6-7,9-10,12H2,1-2H3. The number of anilines is 1. The van der Waals surface area contributed by atoms with E-state index in [2.05, 4.69) is 33.6 Å². The molecule has 2 aromatic rings. The number of piperazine rings is 1. The smallest absolute Gasteiger partial charge is 0.223 e. The predicted octanol–water partition coefficient (Wildman–Crippen LogP) is 3.12. The highest BCUT2D eigenvalue weighted by Gasteiger charge is 2.27. The second kappa shape index (κ2) is 7.13. The first-order chi connectivity index (χ1) is 11.1. The van der Waals surface area contributed by atoms with Crippen molar-refractivity contribution in [2.24, 2.45) is 0 Å². The summed E-state index contributed by atoms with van der Waals surface area (Å²) in [5.41, 5.74) is 2.29. The maximum Gasteiger partial charge on any atom is 0.223 e. The quantitative estimate of drug-likeness (QED) is 0.865. The first-order valence-electron chi connectivity index (χ1n) is 8.12. The number of pyridine rings is 1. The normalized spacial score (nSPS) is 18.3. The van der Waals surface area contributed by atoms with Gasteiger partial charge in [-0.15, -0.1) is 0 Å². The van der Waals surface area contributed by atoms with Gasteiger partial charge in [-0.05, 0) is 54.8 Å². The van der Waals surface area contributed by atoms with Gasteiger partial charge in [-0.25, -0.2) is 4.98 Å². The van der Waals surface area contributed by atoms with Crippen LogP contribution in [-0.2, 0) is 11.2 Å².